The summed E-state index contributed by atoms with van der Waals surface area (Å²) in [6.07, 6.45) is 0. The number of hydrogen-bond acceptors (Lipinski definition) is 7. The molecular weight excluding hydrogens is 322 g/mol. The zero-order valence-electron chi connectivity index (χ0n) is 12.0. The van der Waals surface area contributed by atoms with E-state index >= 15 is 0 Å². The second-order valence-electron chi connectivity index (χ2n) is 4.40. The van der Waals surface area contributed by atoms with E-state index in [0.29, 0.717) is 0 Å². The molecule has 7 N–H and O–H groups in total. The molecule has 0 saturated heterocycles. The van der Waals surface area contributed by atoms with E-state index in [9.17, 15) is 24.6 Å². The van der Waals surface area contributed by atoms with Crippen LogP contribution in [0, 0.1) is 0 Å². The topological polar surface area (TPSA) is 178 Å². The quantitative estimate of drug-likeness (QED) is 0.335. The van der Waals surface area contributed by atoms with Gasteiger partial charge in [-0.1, -0.05) is 0 Å². The Morgan fingerprint density at radius 2 is 1.08 bits per heavy atom. The van der Waals surface area contributed by atoms with Gasteiger partial charge in [-0.15, -0.1) is 0 Å². The summed E-state index contributed by atoms with van der Waals surface area (Å²) in [6.45, 7) is 0. The van der Waals surface area contributed by atoms with Crippen LogP contribution in [0.2, 0.25) is 0 Å². The number of benzene rings is 2. The first kappa shape index (κ1) is 18.3. The molecule has 24 heavy (non-hydrogen) atoms. The third-order valence-electron chi connectivity index (χ3n) is 2.66. The van der Waals surface area contributed by atoms with Crippen LogP contribution in [-0.2, 0) is 9.59 Å². The molecule has 2 aromatic carbocycles. The normalized spacial score (nSPS) is 9.50. The van der Waals surface area contributed by atoms with Gasteiger partial charge >= 0.3 is 11.9 Å². The Bertz CT molecular complexity index is 735. The molecule has 0 radical (unpaired) electrons. The van der Waals surface area contributed by atoms with Gasteiger partial charge in [0, 0.05) is 12.1 Å². The van der Waals surface area contributed by atoms with Gasteiger partial charge < -0.3 is 31.3 Å². The lowest BCUT2D eigenvalue weighted by molar-refractivity contribution is -0.148. The molecule has 0 bridgehead atoms. The molecule has 0 saturated carbocycles. The van der Waals surface area contributed by atoms with Crippen molar-refractivity contribution in [3.63, 3.8) is 0 Å². The summed E-state index contributed by atoms with van der Waals surface area (Å²) in [5.41, 5.74) is 4.10. The van der Waals surface area contributed by atoms with Gasteiger partial charge in [0.2, 0.25) is 0 Å². The molecule has 0 aliphatic carbocycles. The van der Waals surface area contributed by atoms with E-state index in [-0.39, 0.29) is 34.1 Å². The van der Waals surface area contributed by atoms with Crippen LogP contribution in [0.1, 0.15) is 15.9 Å². The second-order valence-corrected chi connectivity index (χ2v) is 4.40. The summed E-state index contributed by atoms with van der Waals surface area (Å²) in [6, 6.07) is 7.07. The average molecular weight is 335 g/mol. The standard InChI is InChI=1S/C13H10O5.C2H3NO3/c14-7-1-3-9(11(16)5-7)13(18)10-4-2-8(15)6-12(10)17;3-1(4)2(5)6/h1-6,14-17H;(H2,3,4)(H,5,6). The number of phenolic OH excluding ortho intramolecular Hbond substituents is 4. The monoisotopic (exact) mass is 335 g/mol. The van der Waals surface area contributed by atoms with E-state index in [1.807, 2.05) is 0 Å². The molecule has 0 aromatic heterocycles. The van der Waals surface area contributed by atoms with Gasteiger partial charge in [-0.05, 0) is 24.3 Å². The molecule has 9 nitrogen and oxygen atoms in total. The van der Waals surface area contributed by atoms with Crippen LogP contribution in [-0.4, -0.2) is 43.2 Å². The van der Waals surface area contributed by atoms with Crippen molar-refractivity contribution in [2.24, 2.45) is 5.73 Å². The van der Waals surface area contributed by atoms with Gasteiger partial charge in [-0.25, -0.2) is 4.79 Å². The fourth-order valence-corrected chi connectivity index (χ4v) is 1.57. The summed E-state index contributed by atoms with van der Waals surface area (Å²) < 4.78 is 0. The SMILES string of the molecule is NC(=O)C(=O)O.O=C(c1ccc(O)cc1O)c1ccc(O)cc1O. The maximum absolute atomic E-state index is 12.0. The Morgan fingerprint density at radius 3 is 1.33 bits per heavy atom. The Morgan fingerprint density at radius 1 is 0.750 bits per heavy atom. The lowest BCUT2D eigenvalue weighted by atomic mass is 10.0. The van der Waals surface area contributed by atoms with Gasteiger partial charge in [-0.2, -0.15) is 0 Å². The smallest absolute Gasteiger partial charge is 0.394 e. The van der Waals surface area contributed by atoms with Crippen molar-refractivity contribution in [2.75, 3.05) is 0 Å². The maximum atomic E-state index is 12.0. The minimum absolute atomic E-state index is 0.0474. The van der Waals surface area contributed by atoms with Crippen molar-refractivity contribution in [1.29, 1.82) is 0 Å². The Kier molecular flexibility index (Phi) is 5.71. The van der Waals surface area contributed by atoms with Crippen molar-refractivity contribution in [3.8, 4) is 23.0 Å². The number of primary amides is 1. The number of phenols is 4. The molecular formula is C15H13NO8. The highest BCUT2D eigenvalue weighted by Crippen LogP contribution is 2.29. The molecule has 0 fully saturated rings. The fourth-order valence-electron chi connectivity index (χ4n) is 1.57. The number of carbonyl (C=O) groups excluding carboxylic acids is 2. The number of hydrogen-bond donors (Lipinski definition) is 6. The number of nitrogens with two attached hydrogens (primary N) is 1. The molecule has 9 heteroatoms. The van der Waals surface area contributed by atoms with Crippen LogP contribution in [0.3, 0.4) is 0 Å². The van der Waals surface area contributed by atoms with Crippen molar-refractivity contribution in [1.82, 2.24) is 0 Å². The molecule has 0 heterocycles. The van der Waals surface area contributed by atoms with Crippen molar-refractivity contribution in [3.05, 3.63) is 47.5 Å². The third-order valence-corrected chi connectivity index (χ3v) is 2.66. The first-order valence-corrected chi connectivity index (χ1v) is 6.25. The highest BCUT2D eigenvalue weighted by atomic mass is 16.4. The molecule has 2 aromatic rings. The summed E-state index contributed by atoms with van der Waals surface area (Å²) in [5, 5.41) is 44.9. The van der Waals surface area contributed by atoms with Gasteiger partial charge in [0.05, 0.1) is 11.1 Å². The summed E-state index contributed by atoms with van der Waals surface area (Å²) >= 11 is 0. The van der Waals surface area contributed by atoms with E-state index in [1.54, 1.807) is 0 Å². The van der Waals surface area contributed by atoms with Crippen LogP contribution < -0.4 is 5.73 Å². The number of carbonyl (C=O) groups is 3. The lowest BCUT2D eigenvalue weighted by Crippen LogP contribution is -2.21. The Hall–Kier alpha value is -3.75. The van der Waals surface area contributed by atoms with Crippen LogP contribution in [0.25, 0.3) is 0 Å². The van der Waals surface area contributed by atoms with Gasteiger partial charge in [0.25, 0.3) is 0 Å². The molecule has 0 unspecified atom stereocenters. The van der Waals surface area contributed by atoms with Gasteiger partial charge in [-0.3, -0.25) is 9.59 Å². The van der Waals surface area contributed by atoms with Crippen LogP contribution in [0.15, 0.2) is 36.4 Å². The van der Waals surface area contributed by atoms with Gasteiger partial charge in [0.15, 0.2) is 5.78 Å². The third kappa shape index (κ3) is 4.63. The van der Waals surface area contributed by atoms with E-state index in [4.69, 9.17) is 15.3 Å². The van der Waals surface area contributed by atoms with E-state index in [1.165, 1.54) is 24.3 Å². The number of rotatable bonds is 2. The van der Waals surface area contributed by atoms with E-state index < -0.39 is 17.7 Å². The number of amides is 1. The zero-order chi connectivity index (χ0) is 18.4. The van der Waals surface area contributed by atoms with Crippen LogP contribution >= 0.6 is 0 Å². The van der Waals surface area contributed by atoms with E-state index in [2.05, 4.69) is 5.73 Å². The molecule has 0 aliphatic rings. The maximum Gasteiger partial charge on any atom is 0.394 e. The summed E-state index contributed by atoms with van der Waals surface area (Å²) in [4.78, 5) is 30.6. The fraction of sp³-hybridized carbons (Fsp3) is 0. The zero-order valence-corrected chi connectivity index (χ0v) is 12.0. The first-order chi connectivity index (χ1) is 11.1. The molecule has 0 spiro atoms. The number of aromatic hydroxyl groups is 4. The number of carboxylic acid groups (broad SMARTS) is 1. The predicted octanol–water partition coefficient (Wildman–Crippen LogP) is 0.296. The first-order valence-electron chi connectivity index (χ1n) is 6.25. The van der Waals surface area contributed by atoms with Crippen molar-refractivity contribution in [2.45, 2.75) is 0 Å². The Balaban J connectivity index is 0.000000413. The minimum atomic E-state index is -1.60. The minimum Gasteiger partial charge on any atom is -0.508 e. The summed E-state index contributed by atoms with van der Waals surface area (Å²) in [7, 11) is 0. The lowest BCUT2D eigenvalue weighted by Gasteiger charge is -2.06. The second kappa shape index (κ2) is 7.49. The molecule has 1 amide bonds. The van der Waals surface area contributed by atoms with Crippen LogP contribution in [0.5, 0.6) is 23.0 Å². The average Bonchev–Trinajstić information content (AvgIpc) is 2.47. The summed E-state index contributed by atoms with van der Waals surface area (Å²) in [5.74, 6) is -4.63. The van der Waals surface area contributed by atoms with Crippen LogP contribution in [0.4, 0.5) is 0 Å². The highest BCUT2D eigenvalue weighted by Gasteiger charge is 2.17. The van der Waals surface area contributed by atoms with E-state index in [0.717, 1.165) is 12.1 Å². The number of ketones is 1. The largest absolute Gasteiger partial charge is 0.508 e. The molecule has 126 valence electrons. The van der Waals surface area contributed by atoms with Crippen molar-refractivity contribution < 1.29 is 39.9 Å². The number of aliphatic carboxylic acids is 1. The molecule has 2 rings (SSSR count). The predicted molar refractivity (Wildman–Crippen MR) is 79.8 cm³/mol. The molecule has 0 atom stereocenters. The number of carboxylic acids is 1. The Labute approximate surface area is 134 Å². The van der Waals surface area contributed by atoms with Crippen molar-refractivity contribution >= 4 is 17.7 Å². The molecule has 0 aliphatic heterocycles. The highest BCUT2D eigenvalue weighted by molar-refractivity contribution is 6.30. The van der Waals surface area contributed by atoms with Gasteiger partial charge in [0.1, 0.15) is 23.0 Å².